The number of nitrogens with zero attached hydrogens (tertiary/aromatic N) is 6. The van der Waals surface area contributed by atoms with Crippen molar-refractivity contribution in [1.29, 1.82) is 0 Å². The molecule has 0 aliphatic carbocycles. The molecule has 3 heterocycles. The first-order valence-corrected chi connectivity index (χ1v) is 10.1. The zero-order valence-corrected chi connectivity index (χ0v) is 17.4. The number of methoxy groups -OCH3 is 1. The fourth-order valence-electron chi connectivity index (χ4n) is 3.60. The van der Waals surface area contributed by atoms with Crippen molar-refractivity contribution < 1.29 is 4.74 Å². The predicted octanol–water partition coefficient (Wildman–Crippen LogP) is 2.17. The van der Waals surface area contributed by atoms with Gasteiger partial charge in [0.2, 0.25) is 0 Å². The molecule has 0 saturated carbocycles. The summed E-state index contributed by atoms with van der Waals surface area (Å²) in [5.41, 5.74) is 2.33. The molecule has 1 aliphatic heterocycles. The number of pyridine rings is 1. The van der Waals surface area contributed by atoms with Gasteiger partial charge in [0.25, 0.3) is 0 Å². The van der Waals surface area contributed by atoms with Crippen LogP contribution in [0.2, 0.25) is 0 Å². The van der Waals surface area contributed by atoms with Crippen molar-refractivity contribution in [3.63, 3.8) is 0 Å². The van der Waals surface area contributed by atoms with E-state index in [0.29, 0.717) is 6.54 Å². The third-order valence-electron chi connectivity index (χ3n) is 5.21. The molecule has 2 aromatic heterocycles. The summed E-state index contributed by atoms with van der Waals surface area (Å²) in [7, 11) is 3.53. The maximum Gasteiger partial charge on any atom is 0.194 e. The van der Waals surface area contributed by atoms with Crippen LogP contribution in [0.25, 0.3) is 5.82 Å². The van der Waals surface area contributed by atoms with Gasteiger partial charge in [0.1, 0.15) is 5.75 Å². The van der Waals surface area contributed by atoms with Crippen molar-refractivity contribution in [2.75, 3.05) is 45.2 Å². The van der Waals surface area contributed by atoms with Gasteiger partial charge in [-0.3, -0.25) is 4.99 Å². The van der Waals surface area contributed by atoms with Crippen LogP contribution >= 0.6 is 0 Å². The van der Waals surface area contributed by atoms with Crippen LogP contribution in [0.4, 0.5) is 5.69 Å². The van der Waals surface area contributed by atoms with Crippen molar-refractivity contribution in [3.05, 3.63) is 66.6 Å². The number of benzene rings is 1. The van der Waals surface area contributed by atoms with Gasteiger partial charge >= 0.3 is 0 Å². The summed E-state index contributed by atoms with van der Waals surface area (Å²) in [6.45, 7) is 4.37. The van der Waals surface area contributed by atoms with Gasteiger partial charge in [-0.05, 0) is 35.9 Å². The lowest BCUT2D eigenvalue weighted by Crippen LogP contribution is -2.52. The zero-order chi connectivity index (χ0) is 20.8. The van der Waals surface area contributed by atoms with E-state index in [2.05, 4.69) is 42.3 Å². The maximum atomic E-state index is 5.35. The highest BCUT2D eigenvalue weighted by Gasteiger charge is 2.20. The lowest BCUT2D eigenvalue weighted by atomic mass is 10.2. The Balaban J connectivity index is 1.34. The van der Waals surface area contributed by atoms with E-state index < -0.39 is 0 Å². The number of anilines is 1. The summed E-state index contributed by atoms with van der Waals surface area (Å²) >= 11 is 0. The fourth-order valence-corrected chi connectivity index (χ4v) is 3.60. The Labute approximate surface area is 176 Å². The first-order chi connectivity index (χ1) is 14.8. The number of rotatable bonds is 5. The number of aliphatic imine (C=N–C) groups is 1. The number of hydrogen-bond acceptors (Lipinski definition) is 5. The van der Waals surface area contributed by atoms with Gasteiger partial charge in [0.15, 0.2) is 11.8 Å². The van der Waals surface area contributed by atoms with Crippen LogP contribution < -0.4 is 15.0 Å². The van der Waals surface area contributed by atoms with Crippen molar-refractivity contribution >= 4 is 11.6 Å². The molecule has 0 atom stereocenters. The monoisotopic (exact) mass is 405 g/mol. The van der Waals surface area contributed by atoms with Crippen LogP contribution in [0.3, 0.4) is 0 Å². The Morgan fingerprint density at radius 1 is 1.10 bits per heavy atom. The second-order valence-electron chi connectivity index (χ2n) is 7.05. The molecule has 8 heteroatoms. The topological polar surface area (TPSA) is 70.8 Å². The Bertz CT molecular complexity index is 979. The molecule has 0 spiro atoms. The summed E-state index contributed by atoms with van der Waals surface area (Å²) in [6, 6.07) is 14.2. The average Bonchev–Trinajstić information content (AvgIpc) is 3.35. The molecule has 4 rings (SSSR count). The molecule has 0 bridgehead atoms. The number of ether oxygens (including phenoxy) is 1. The number of piperazine rings is 1. The fraction of sp³-hybridized carbons (Fsp3) is 0.318. The molecule has 0 unspecified atom stereocenters. The van der Waals surface area contributed by atoms with Crippen LogP contribution in [-0.4, -0.2) is 66.0 Å². The molecule has 156 valence electrons. The standard InChI is InChI=1S/C22H27N7O/c1-23-22(25-17-18-7-9-24-21(15-18)29-10-4-8-26-29)28-13-11-27(12-14-28)19-5-3-6-20(16-19)30-2/h3-10,15-16H,11-14,17H2,1-2H3,(H,23,25). The highest BCUT2D eigenvalue weighted by molar-refractivity contribution is 5.80. The summed E-state index contributed by atoms with van der Waals surface area (Å²) in [6.07, 6.45) is 5.45. The SMILES string of the molecule is CN=C(NCc1ccnc(-n2cccn2)c1)N1CCN(c2cccc(OC)c2)CC1. The molecular formula is C22H27N7O. The minimum atomic E-state index is 0.680. The Morgan fingerprint density at radius 2 is 1.97 bits per heavy atom. The van der Waals surface area contributed by atoms with Gasteiger partial charge in [0.05, 0.1) is 7.11 Å². The van der Waals surface area contributed by atoms with Crippen LogP contribution in [0.15, 0.2) is 66.0 Å². The van der Waals surface area contributed by atoms with E-state index in [1.165, 1.54) is 5.69 Å². The molecular weight excluding hydrogens is 378 g/mol. The second kappa shape index (κ2) is 9.30. The predicted molar refractivity (Wildman–Crippen MR) is 118 cm³/mol. The Morgan fingerprint density at radius 3 is 2.70 bits per heavy atom. The molecule has 30 heavy (non-hydrogen) atoms. The number of aromatic nitrogens is 3. The Hall–Kier alpha value is -3.55. The van der Waals surface area contributed by atoms with Gasteiger partial charge in [-0.15, -0.1) is 0 Å². The summed E-state index contributed by atoms with van der Waals surface area (Å²) < 4.78 is 7.11. The van der Waals surface area contributed by atoms with Gasteiger partial charge < -0.3 is 19.9 Å². The van der Waals surface area contributed by atoms with E-state index in [4.69, 9.17) is 4.74 Å². The van der Waals surface area contributed by atoms with Crippen molar-refractivity contribution in [2.24, 2.45) is 4.99 Å². The highest BCUT2D eigenvalue weighted by Crippen LogP contribution is 2.22. The lowest BCUT2D eigenvalue weighted by molar-refractivity contribution is 0.372. The van der Waals surface area contributed by atoms with Crippen LogP contribution in [0, 0.1) is 0 Å². The lowest BCUT2D eigenvalue weighted by Gasteiger charge is -2.37. The minimum absolute atomic E-state index is 0.680. The van der Waals surface area contributed by atoms with Crippen LogP contribution in [-0.2, 0) is 6.54 Å². The molecule has 0 amide bonds. The third kappa shape index (κ3) is 4.53. The van der Waals surface area contributed by atoms with Gasteiger partial charge in [0, 0.05) is 70.1 Å². The van der Waals surface area contributed by atoms with Crippen molar-refractivity contribution in [2.45, 2.75) is 6.54 Å². The van der Waals surface area contributed by atoms with Gasteiger partial charge in [-0.1, -0.05) is 6.07 Å². The molecule has 1 N–H and O–H groups in total. The van der Waals surface area contributed by atoms with Crippen molar-refractivity contribution in [3.8, 4) is 11.6 Å². The Kier molecular flexibility index (Phi) is 6.12. The molecule has 8 nitrogen and oxygen atoms in total. The van der Waals surface area contributed by atoms with E-state index in [-0.39, 0.29) is 0 Å². The maximum absolute atomic E-state index is 5.35. The zero-order valence-electron chi connectivity index (χ0n) is 17.4. The summed E-state index contributed by atoms with van der Waals surface area (Å²) in [5.74, 6) is 2.61. The quantitative estimate of drug-likeness (QED) is 0.518. The van der Waals surface area contributed by atoms with E-state index in [1.54, 1.807) is 18.0 Å². The van der Waals surface area contributed by atoms with E-state index in [0.717, 1.165) is 49.3 Å². The molecule has 1 saturated heterocycles. The number of guanidine groups is 1. The van der Waals surface area contributed by atoms with Crippen LogP contribution in [0.1, 0.15) is 5.56 Å². The first-order valence-electron chi connectivity index (χ1n) is 10.1. The van der Waals surface area contributed by atoms with E-state index in [9.17, 15) is 0 Å². The highest BCUT2D eigenvalue weighted by atomic mass is 16.5. The third-order valence-corrected chi connectivity index (χ3v) is 5.21. The summed E-state index contributed by atoms with van der Waals surface area (Å²) in [5, 5.41) is 7.73. The second-order valence-corrected chi connectivity index (χ2v) is 7.05. The molecule has 1 fully saturated rings. The minimum Gasteiger partial charge on any atom is -0.497 e. The summed E-state index contributed by atoms with van der Waals surface area (Å²) in [4.78, 5) is 13.5. The van der Waals surface area contributed by atoms with Gasteiger partial charge in [-0.25, -0.2) is 9.67 Å². The van der Waals surface area contributed by atoms with E-state index >= 15 is 0 Å². The van der Waals surface area contributed by atoms with Crippen molar-refractivity contribution in [1.82, 2.24) is 25.0 Å². The largest absolute Gasteiger partial charge is 0.497 e. The normalized spacial score (nSPS) is 14.7. The number of hydrogen-bond donors (Lipinski definition) is 1. The molecule has 0 radical (unpaired) electrons. The van der Waals surface area contributed by atoms with Crippen LogP contribution in [0.5, 0.6) is 5.75 Å². The molecule has 1 aliphatic rings. The van der Waals surface area contributed by atoms with Gasteiger partial charge in [-0.2, -0.15) is 5.10 Å². The smallest absolute Gasteiger partial charge is 0.194 e. The molecule has 1 aromatic carbocycles. The van der Waals surface area contributed by atoms with E-state index in [1.807, 2.05) is 49.8 Å². The molecule has 3 aromatic rings. The average molecular weight is 406 g/mol. The number of nitrogens with one attached hydrogen (secondary N) is 1. The first kappa shape index (κ1) is 19.8.